The van der Waals surface area contributed by atoms with Gasteiger partial charge in [0, 0.05) is 0 Å². The van der Waals surface area contributed by atoms with Gasteiger partial charge in [-0.1, -0.05) is 39.5 Å². The zero-order valence-electron chi connectivity index (χ0n) is 5.21. The Balaban J connectivity index is 0. The average molecular weight is 166 g/mol. The molecule has 0 radical (unpaired) electrons. The van der Waals surface area contributed by atoms with Crippen LogP contribution in [0.15, 0.2) is 0 Å². The molecule has 7 heavy (non-hydrogen) atoms. The summed E-state index contributed by atoms with van der Waals surface area (Å²) in [6.07, 6.45) is 5.54. The predicted molar refractivity (Wildman–Crippen MR) is 29.8 cm³/mol. The molecule has 0 rings (SSSR count). The Morgan fingerprint density at radius 2 is 1.14 bits per heavy atom. The molecule has 0 aromatic carbocycles. The molecular weight excluding hydrogens is 152 g/mol. The highest BCUT2D eigenvalue weighted by Crippen LogP contribution is 1.95. The molecule has 0 atom stereocenters. The van der Waals surface area contributed by atoms with Gasteiger partial charge in [-0.15, -0.1) is 0 Å². The monoisotopic (exact) mass is 165 g/mol. The molecule has 0 bridgehead atoms. The fourth-order valence-electron chi connectivity index (χ4n) is 0.500. The van der Waals surface area contributed by atoms with E-state index in [0.717, 1.165) is 0 Å². The molecule has 0 aromatic rings. The second-order valence-electron chi connectivity index (χ2n) is 1.71. The van der Waals surface area contributed by atoms with Crippen molar-refractivity contribution in [1.29, 1.82) is 0 Å². The number of halogens is 1. The lowest BCUT2D eigenvalue weighted by Gasteiger charge is -1.86. The summed E-state index contributed by atoms with van der Waals surface area (Å²) in [5.41, 5.74) is 0. The molecule has 0 saturated carbocycles. The minimum Gasteiger partial charge on any atom is -1.00 e. The van der Waals surface area contributed by atoms with Gasteiger partial charge in [0.05, 0.1) is 0 Å². The first kappa shape index (κ1) is 10.5. The highest BCUT2D eigenvalue weighted by molar-refractivity contribution is 4.31. The molecular formula is C6H14Br-. The van der Waals surface area contributed by atoms with Crippen molar-refractivity contribution in [3.8, 4) is 0 Å². The Labute approximate surface area is 57.1 Å². The third kappa shape index (κ3) is 10.7. The molecule has 0 saturated heterocycles. The van der Waals surface area contributed by atoms with Crippen molar-refractivity contribution in [2.24, 2.45) is 0 Å². The van der Waals surface area contributed by atoms with Gasteiger partial charge in [0.2, 0.25) is 0 Å². The van der Waals surface area contributed by atoms with E-state index in [9.17, 15) is 0 Å². The number of unbranched alkanes of at least 4 members (excludes halogenated alkanes) is 3. The van der Waals surface area contributed by atoms with Crippen LogP contribution in [0.4, 0.5) is 0 Å². The molecule has 0 N–H and O–H groups in total. The molecule has 1 heteroatoms. The fourth-order valence-corrected chi connectivity index (χ4v) is 0.500. The van der Waals surface area contributed by atoms with Crippen LogP contribution in [0.2, 0.25) is 0 Å². The van der Waals surface area contributed by atoms with Gasteiger partial charge >= 0.3 is 0 Å². The van der Waals surface area contributed by atoms with Crippen LogP contribution in [-0.4, -0.2) is 0 Å². The van der Waals surface area contributed by atoms with Crippen LogP contribution < -0.4 is 17.0 Å². The quantitative estimate of drug-likeness (QED) is 0.500. The smallest absolute Gasteiger partial charge is 0.0536 e. The van der Waals surface area contributed by atoms with E-state index in [-0.39, 0.29) is 17.0 Å². The van der Waals surface area contributed by atoms with Crippen LogP contribution in [0, 0.1) is 0 Å². The highest BCUT2D eigenvalue weighted by atomic mass is 79.9. The number of hydrogen-bond donors (Lipinski definition) is 0. The lowest BCUT2D eigenvalue weighted by molar-refractivity contribution is -0.00000148. The van der Waals surface area contributed by atoms with Crippen LogP contribution in [0.5, 0.6) is 0 Å². The molecule has 0 spiro atoms. The summed E-state index contributed by atoms with van der Waals surface area (Å²) < 4.78 is 0. The van der Waals surface area contributed by atoms with Crippen molar-refractivity contribution in [3.05, 3.63) is 0 Å². The summed E-state index contributed by atoms with van der Waals surface area (Å²) in [4.78, 5) is 0. The summed E-state index contributed by atoms with van der Waals surface area (Å²) in [5, 5.41) is 0. The lowest BCUT2D eigenvalue weighted by atomic mass is 10.2. The van der Waals surface area contributed by atoms with Gasteiger partial charge in [0.25, 0.3) is 0 Å². The summed E-state index contributed by atoms with van der Waals surface area (Å²) in [5.74, 6) is 0. The zero-order chi connectivity index (χ0) is 4.83. The highest BCUT2D eigenvalue weighted by Gasteiger charge is 1.75. The fraction of sp³-hybridized carbons (Fsp3) is 1.00. The van der Waals surface area contributed by atoms with Gasteiger partial charge in [-0.25, -0.2) is 0 Å². The minimum atomic E-state index is 0. The van der Waals surface area contributed by atoms with Crippen LogP contribution in [0.1, 0.15) is 39.5 Å². The van der Waals surface area contributed by atoms with Crippen molar-refractivity contribution >= 4 is 0 Å². The summed E-state index contributed by atoms with van der Waals surface area (Å²) in [6.45, 7) is 4.46. The second-order valence-corrected chi connectivity index (χ2v) is 1.71. The maximum atomic E-state index is 2.23. The Morgan fingerprint density at radius 3 is 1.29 bits per heavy atom. The van der Waals surface area contributed by atoms with Crippen molar-refractivity contribution in [2.45, 2.75) is 39.5 Å². The topological polar surface area (TPSA) is 0 Å². The van der Waals surface area contributed by atoms with E-state index in [1.165, 1.54) is 25.7 Å². The van der Waals surface area contributed by atoms with E-state index in [1.807, 2.05) is 0 Å². The van der Waals surface area contributed by atoms with Gasteiger partial charge in [-0.3, -0.25) is 0 Å². The van der Waals surface area contributed by atoms with E-state index in [2.05, 4.69) is 13.8 Å². The largest absolute Gasteiger partial charge is 1.00 e. The molecule has 0 heterocycles. The first-order valence-electron chi connectivity index (χ1n) is 2.91. The van der Waals surface area contributed by atoms with E-state index >= 15 is 0 Å². The standard InChI is InChI=1S/C6H14.BrH/c1-3-5-6-4-2;/h3-6H2,1-2H3;1H/p-1. The minimum absolute atomic E-state index is 0. The molecule has 0 fully saturated rings. The van der Waals surface area contributed by atoms with Crippen molar-refractivity contribution in [1.82, 2.24) is 0 Å². The molecule has 0 amide bonds. The third-order valence-electron chi connectivity index (χ3n) is 0.957. The SMILES string of the molecule is CCCCCC.[Br-]. The third-order valence-corrected chi connectivity index (χ3v) is 0.957. The summed E-state index contributed by atoms with van der Waals surface area (Å²) in [7, 11) is 0. The molecule has 0 aliphatic heterocycles. The van der Waals surface area contributed by atoms with Crippen LogP contribution >= 0.6 is 0 Å². The Hall–Kier alpha value is 0.480. The van der Waals surface area contributed by atoms with E-state index in [4.69, 9.17) is 0 Å². The normalized spacial score (nSPS) is 7.71. The second kappa shape index (κ2) is 9.70. The first-order chi connectivity index (χ1) is 2.91. The maximum Gasteiger partial charge on any atom is -0.0536 e. The summed E-state index contributed by atoms with van der Waals surface area (Å²) in [6, 6.07) is 0. The summed E-state index contributed by atoms with van der Waals surface area (Å²) >= 11 is 0. The van der Waals surface area contributed by atoms with Crippen LogP contribution in [-0.2, 0) is 0 Å². The van der Waals surface area contributed by atoms with Crippen molar-refractivity contribution < 1.29 is 17.0 Å². The van der Waals surface area contributed by atoms with E-state index < -0.39 is 0 Å². The van der Waals surface area contributed by atoms with Gasteiger partial charge in [-0.05, 0) is 0 Å². The maximum absolute atomic E-state index is 2.23. The number of rotatable bonds is 3. The zero-order valence-corrected chi connectivity index (χ0v) is 6.79. The Kier molecular flexibility index (Phi) is 14.5. The average Bonchev–Trinajstić information content (AvgIpc) is 1.61. The van der Waals surface area contributed by atoms with Crippen LogP contribution in [0.3, 0.4) is 0 Å². The first-order valence-corrected chi connectivity index (χ1v) is 2.91. The predicted octanol–water partition coefficient (Wildman–Crippen LogP) is -0.409. The molecule has 0 aromatic heterocycles. The van der Waals surface area contributed by atoms with Gasteiger partial charge in [0.1, 0.15) is 0 Å². The van der Waals surface area contributed by atoms with E-state index in [1.54, 1.807) is 0 Å². The molecule has 0 aliphatic rings. The van der Waals surface area contributed by atoms with E-state index in [0.29, 0.717) is 0 Å². The van der Waals surface area contributed by atoms with Crippen molar-refractivity contribution in [2.75, 3.05) is 0 Å². The van der Waals surface area contributed by atoms with Crippen molar-refractivity contribution in [3.63, 3.8) is 0 Å². The lowest BCUT2D eigenvalue weighted by Crippen LogP contribution is -3.00. The Morgan fingerprint density at radius 1 is 0.857 bits per heavy atom. The Bertz CT molecular complexity index is 16.1. The van der Waals surface area contributed by atoms with Gasteiger partial charge in [-0.2, -0.15) is 0 Å². The van der Waals surface area contributed by atoms with Gasteiger partial charge in [0.15, 0.2) is 0 Å². The van der Waals surface area contributed by atoms with Crippen LogP contribution in [0.25, 0.3) is 0 Å². The molecule has 46 valence electrons. The number of hydrogen-bond acceptors (Lipinski definition) is 0. The molecule has 0 nitrogen and oxygen atoms in total. The molecule has 0 aliphatic carbocycles. The molecule has 0 unspecified atom stereocenters. The van der Waals surface area contributed by atoms with Gasteiger partial charge < -0.3 is 17.0 Å².